The molecular formula is C21H23N3O3. The van der Waals surface area contributed by atoms with Gasteiger partial charge in [-0.3, -0.25) is 9.59 Å². The van der Waals surface area contributed by atoms with Gasteiger partial charge >= 0.3 is 0 Å². The Kier molecular flexibility index (Phi) is 5.86. The average molecular weight is 365 g/mol. The van der Waals surface area contributed by atoms with Gasteiger partial charge in [-0.2, -0.15) is 5.10 Å². The number of nitrogens with one attached hydrogen (secondary N) is 1. The third kappa shape index (κ3) is 4.73. The molecule has 1 N–H and O–H groups in total. The van der Waals surface area contributed by atoms with Crippen molar-refractivity contribution < 1.29 is 14.3 Å². The summed E-state index contributed by atoms with van der Waals surface area (Å²) >= 11 is 0. The number of hydrogen-bond acceptors (Lipinski definition) is 4. The summed E-state index contributed by atoms with van der Waals surface area (Å²) in [5.41, 5.74) is 2.73. The minimum Gasteiger partial charge on any atom is -0.497 e. The number of nitrogens with zero attached hydrogens (tertiary/aromatic N) is 2. The third-order valence-corrected chi connectivity index (χ3v) is 4.50. The van der Waals surface area contributed by atoms with Crippen molar-refractivity contribution in [2.45, 2.75) is 25.8 Å². The van der Waals surface area contributed by atoms with Crippen LogP contribution in [-0.4, -0.2) is 36.2 Å². The summed E-state index contributed by atoms with van der Waals surface area (Å²) in [7, 11) is 1.61. The van der Waals surface area contributed by atoms with E-state index in [4.69, 9.17) is 4.74 Å². The lowest BCUT2D eigenvalue weighted by atomic mass is 10.0. The molecule has 0 radical (unpaired) electrons. The van der Waals surface area contributed by atoms with E-state index in [2.05, 4.69) is 10.4 Å². The van der Waals surface area contributed by atoms with Gasteiger partial charge in [0.05, 0.1) is 18.9 Å². The zero-order valence-electron chi connectivity index (χ0n) is 15.5. The maximum Gasteiger partial charge on any atom is 0.243 e. The van der Waals surface area contributed by atoms with Gasteiger partial charge < -0.3 is 10.1 Å². The first-order valence-corrected chi connectivity index (χ1v) is 8.93. The molecule has 0 aliphatic carbocycles. The standard InChI is InChI=1S/C21H23N3O3/c1-15(16-6-4-3-5-7-16)22-20(25)14-24-21(26)13-12-19(23-24)17-8-10-18(27-2)11-9-17/h3-11,15H,12-14H2,1-2H3,(H,22,25). The summed E-state index contributed by atoms with van der Waals surface area (Å²) in [4.78, 5) is 24.6. The van der Waals surface area contributed by atoms with Crippen molar-refractivity contribution in [2.24, 2.45) is 5.10 Å². The van der Waals surface area contributed by atoms with Gasteiger partial charge in [-0.25, -0.2) is 5.01 Å². The number of hydrogen-bond donors (Lipinski definition) is 1. The minimum absolute atomic E-state index is 0.0876. The van der Waals surface area contributed by atoms with Crippen LogP contribution in [0.4, 0.5) is 0 Å². The van der Waals surface area contributed by atoms with E-state index >= 15 is 0 Å². The van der Waals surface area contributed by atoms with Crippen molar-refractivity contribution in [2.75, 3.05) is 13.7 Å². The van der Waals surface area contributed by atoms with Gasteiger partial charge in [-0.15, -0.1) is 0 Å². The molecule has 27 heavy (non-hydrogen) atoms. The van der Waals surface area contributed by atoms with Gasteiger partial charge in [0.2, 0.25) is 11.8 Å². The average Bonchev–Trinajstić information content (AvgIpc) is 2.70. The van der Waals surface area contributed by atoms with Crippen molar-refractivity contribution in [3.8, 4) is 5.75 Å². The zero-order chi connectivity index (χ0) is 19.2. The van der Waals surface area contributed by atoms with Crippen LogP contribution in [0.2, 0.25) is 0 Å². The molecule has 1 unspecified atom stereocenters. The molecule has 0 saturated heterocycles. The Balaban J connectivity index is 1.67. The van der Waals surface area contributed by atoms with Crippen LogP contribution in [0.1, 0.15) is 36.9 Å². The first kappa shape index (κ1) is 18.6. The molecule has 1 heterocycles. The number of carbonyl (C=O) groups excluding carboxylic acids is 2. The molecule has 0 aromatic heterocycles. The SMILES string of the molecule is COc1ccc(C2=NN(CC(=O)NC(C)c3ccccc3)C(=O)CC2)cc1. The zero-order valence-corrected chi connectivity index (χ0v) is 15.5. The van der Waals surface area contributed by atoms with Crippen LogP contribution in [0.5, 0.6) is 5.75 Å². The summed E-state index contributed by atoms with van der Waals surface area (Å²) in [5, 5.41) is 8.58. The van der Waals surface area contributed by atoms with Crippen LogP contribution in [-0.2, 0) is 9.59 Å². The largest absolute Gasteiger partial charge is 0.497 e. The molecule has 1 atom stereocenters. The number of amides is 2. The summed E-state index contributed by atoms with van der Waals surface area (Å²) in [5.74, 6) is 0.381. The number of rotatable bonds is 6. The van der Waals surface area contributed by atoms with Crippen molar-refractivity contribution in [1.29, 1.82) is 0 Å². The van der Waals surface area contributed by atoms with Gasteiger partial charge in [-0.1, -0.05) is 30.3 Å². The molecule has 6 heteroatoms. The van der Waals surface area contributed by atoms with Gasteiger partial charge in [0.1, 0.15) is 12.3 Å². The summed E-state index contributed by atoms with van der Waals surface area (Å²) < 4.78 is 5.16. The predicted molar refractivity (Wildman–Crippen MR) is 103 cm³/mol. The summed E-state index contributed by atoms with van der Waals surface area (Å²) in [6, 6.07) is 17.1. The molecule has 1 aliphatic heterocycles. The Morgan fingerprint density at radius 1 is 1.15 bits per heavy atom. The molecule has 6 nitrogen and oxygen atoms in total. The summed E-state index contributed by atoms with van der Waals surface area (Å²) in [6.45, 7) is 1.83. The highest BCUT2D eigenvalue weighted by molar-refractivity contribution is 6.04. The van der Waals surface area contributed by atoms with Gasteiger partial charge in [0, 0.05) is 12.8 Å². The fraction of sp³-hybridized carbons (Fsp3) is 0.286. The van der Waals surface area contributed by atoms with Gasteiger partial charge in [0.15, 0.2) is 0 Å². The van der Waals surface area contributed by atoms with Crippen LogP contribution >= 0.6 is 0 Å². The van der Waals surface area contributed by atoms with Crippen LogP contribution in [0, 0.1) is 0 Å². The van der Waals surface area contributed by atoms with E-state index in [0.717, 1.165) is 22.6 Å². The van der Waals surface area contributed by atoms with Crippen molar-refractivity contribution in [3.63, 3.8) is 0 Å². The van der Waals surface area contributed by atoms with E-state index in [9.17, 15) is 9.59 Å². The monoisotopic (exact) mass is 365 g/mol. The number of methoxy groups -OCH3 is 1. The van der Waals surface area contributed by atoms with Crippen LogP contribution in [0.15, 0.2) is 59.7 Å². The maximum absolute atomic E-state index is 12.4. The van der Waals surface area contributed by atoms with E-state index < -0.39 is 0 Å². The molecular weight excluding hydrogens is 342 g/mol. The molecule has 2 amide bonds. The second-order valence-corrected chi connectivity index (χ2v) is 6.43. The summed E-state index contributed by atoms with van der Waals surface area (Å²) in [6.07, 6.45) is 0.899. The molecule has 2 aromatic rings. The highest BCUT2D eigenvalue weighted by Crippen LogP contribution is 2.18. The Morgan fingerprint density at radius 2 is 1.85 bits per heavy atom. The highest BCUT2D eigenvalue weighted by Gasteiger charge is 2.24. The van der Waals surface area contributed by atoms with Crippen LogP contribution in [0.3, 0.4) is 0 Å². The fourth-order valence-electron chi connectivity index (χ4n) is 2.96. The lowest BCUT2D eigenvalue weighted by molar-refractivity contribution is -0.136. The maximum atomic E-state index is 12.4. The molecule has 0 fully saturated rings. The normalized spacial score (nSPS) is 15.1. The Bertz CT molecular complexity index is 832. The lowest BCUT2D eigenvalue weighted by Gasteiger charge is -2.24. The fourth-order valence-corrected chi connectivity index (χ4v) is 2.96. The van der Waals surface area contributed by atoms with Crippen molar-refractivity contribution >= 4 is 17.5 Å². The second-order valence-electron chi connectivity index (χ2n) is 6.43. The first-order chi connectivity index (χ1) is 13.1. The second kappa shape index (κ2) is 8.49. The van der Waals surface area contributed by atoms with E-state index in [1.165, 1.54) is 5.01 Å². The Labute approximate surface area is 158 Å². The van der Waals surface area contributed by atoms with E-state index in [1.54, 1.807) is 7.11 Å². The molecule has 3 rings (SSSR count). The van der Waals surface area contributed by atoms with Crippen molar-refractivity contribution in [3.05, 3.63) is 65.7 Å². The molecule has 0 bridgehead atoms. The Hall–Kier alpha value is -3.15. The minimum atomic E-state index is -0.237. The highest BCUT2D eigenvalue weighted by atomic mass is 16.5. The van der Waals surface area contributed by atoms with E-state index in [0.29, 0.717) is 12.8 Å². The number of benzene rings is 2. The molecule has 0 saturated carbocycles. The van der Waals surface area contributed by atoms with E-state index in [1.807, 2.05) is 61.5 Å². The molecule has 140 valence electrons. The number of ether oxygens (including phenoxy) is 1. The molecule has 0 spiro atoms. The smallest absolute Gasteiger partial charge is 0.243 e. The first-order valence-electron chi connectivity index (χ1n) is 8.93. The molecule has 2 aromatic carbocycles. The molecule has 1 aliphatic rings. The van der Waals surface area contributed by atoms with Gasteiger partial charge in [0.25, 0.3) is 0 Å². The van der Waals surface area contributed by atoms with Crippen molar-refractivity contribution in [1.82, 2.24) is 10.3 Å². The Morgan fingerprint density at radius 3 is 2.52 bits per heavy atom. The predicted octanol–water partition coefficient (Wildman–Crippen LogP) is 2.90. The van der Waals surface area contributed by atoms with Crippen LogP contribution < -0.4 is 10.1 Å². The van der Waals surface area contributed by atoms with Crippen LogP contribution in [0.25, 0.3) is 0 Å². The third-order valence-electron chi connectivity index (χ3n) is 4.50. The topological polar surface area (TPSA) is 71.0 Å². The van der Waals surface area contributed by atoms with E-state index in [-0.39, 0.29) is 24.4 Å². The van der Waals surface area contributed by atoms with Gasteiger partial charge in [-0.05, 0) is 42.3 Å². The number of hydrazone groups is 1. The lowest BCUT2D eigenvalue weighted by Crippen LogP contribution is -2.41. The number of carbonyl (C=O) groups is 2. The quantitative estimate of drug-likeness (QED) is 0.856.